The molecule has 23 heavy (non-hydrogen) atoms. The average molecular weight is 330 g/mol. The van der Waals surface area contributed by atoms with Crippen LogP contribution in [-0.4, -0.2) is 16.4 Å². The van der Waals surface area contributed by atoms with E-state index in [0.717, 1.165) is 51.9 Å². The standard InChI is InChI=1S/C20H27O2P/c1-6-7-8-23(17-11-13(2)9-15(4)19(17)21)18-12-14(3)10-16(5)20(18)22/h9-12,21-22H,6-8H2,1-5H3. The van der Waals surface area contributed by atoms with E-state index < -0.39 is 7.92 Å². The third kappa shape index (κ3) is 3.87. The Balaban J connectivity index is 2.63. The highest BCUT2D eigenvalue weighted by molar-refractivity contribution is 7.73. The second-order valence-electron chi connectivity index (χ2n) is 6.40. The topological polar surface area (TPSA) is 40.5 Å². The molecule has 0 amide bonds. The van der Waals surface area contributed by atoms with E-state index in [1.54, 1.807) is 0 Å². The van der Waals surface area contributed by atoms with Crippen molar-refractivity contribution in [2.45, 2.75) is 47.5 Å². The van der Waals surface area contributed by atoms with Gasteiger partial charge in [-0.1, -0.05) is 25.5 Å². The minimum Gasteiger partial charge on any atom is -0.507 e. The zero-order valence-electron chi connectivity index (χ0n) is 14.8. The van der Waals surface area contributed by atoms with E-state index >= 15 is 0 Å². The van der Waals surface area contributed by atoms with Crippen LogP contribution in [0.15, 0.2) is 24.3 Å². The lowest BCUT2D eigenvalue weighted by molar-refractivity contribution is 0.474. The smallest absolute Gasteiger partial charge is 0.126 e. The van der Waals surface area contributed by atoms with Crippen molar-refractivity contribution in [3.8, 4) is 11.5 Å². The SMILES string of the molecule is CCCCP(c1cc(C)cc(C)c1O)c1cc(C)cc(C)c1O. The van der Waals surface area contributed by atoms with Gasteiger partial charge in [0.2, 0.25) is 0 Å². The van der Waals surface area contributed by atoms with Crippen LogP contribution in [0.1, 0.15) is 42.0 Å². The van der Waals surface area contributed by atoms with E-state index in [4.69, 9.17) is 0 Å². The normalized spacial score (nSPS) is 11.2. The van der Waals surface area contributed by atoms with Crippen LogP contribution in [0.3, 0.4) is 0 Å². The van der Waals surface area contributed by atoms with Gasteiger partial charge in [-0.05, 0) is 82.6 Å². The fraction of sp³-hybridized carbons (Fsp3) is 0.400. The Kier molecular flexibility index (Phi) is 5.70. The van der Waals surface area contributed by atoms with Crippen molar-refractivity contribution in [3.05, 3.63) is 46.5 Å². The first kappa shape index (κ1) is 17.8. The molecule has 0 bridgehead atoms. The first-order chi connectivity index (χ1) is 10.8. The number of unbranched alkanes of at least 4 members (excludes halogenated alkanes) is 1. The van der Waals surface area contributed by atoms with Crippen LogP contribution in [0.25, 0.3) is 0 Å². The van der Waals surface area contributed by atoms with Gasteiger partial charge in [0.05, 0.1) is 0 Å². The molecule has 3 heteroatoms. The van der Waals surface area contributed by atoms with Gasteiger partial charge in [0.15, 0.2) is 0 Å². The molecular weight excluding hydrogens is 303 g/mol. The summed E-state index contributed by atoms with van der Waals surface area (Å²) < 4.78 is 0. The summed E-state index contributed by atoms with van der Waals surface area (Å²) in [6.07, 6.45) is 3.18. The van der Waals surface area contributed by atoms with E-state index in [1.807, 2.05) is 26.0 Å². The molecule has 0 radical (unpaired) electrons. The lowest BCUT2D eigenvalue weighted by atomic mass is 10.1. The number of phenolic OH excluding ortho intramolecular Hbond substituents is 2. The summed E-state index contributed by atoms with van der Waals surface area (Å²) in [6, 6.07) is 8.18. The molecule has 0 heterocycles. The Morgan fingerprint density at radius 2 is 1.22 bits per heavy atom. The number of hydrogen-bond acceptors (Lipinski definition) is 2. The van der Waals surface area contributed by atoms with Crippen LogP contribution in [-0.2, 0) is 0 Å². The molecule has 2 nitrogen and oxygen atoms in total. The van der Waals surface area contributed by atoms with Crippen LogP contribution in [0, 0.1) is 27.7 Å². The van der Waals surface area contributed by atoms with Gasteiger partial charge < -0.3 is 10.2 Å². The molecule has 0 saturated heterocycles. The molecule has 0 spiro atoms. The van der Waals surface area contributed by atoms with Crippen molar-refractivity contribution in [3.63, 3.8) is 0 Å². The van der Waals surface area contributed by atoms with Crippen molar-refractivity contribution in [1.29, 1.82) is 0 Å². The van der Waals surface area contributed by atoms with Crippen molar-refractivity contribution in [2.75, 3.05) is 6.16 Å². The summed E-state index contributed by atoms with van der Waals surface area (Å²) in [5.74, 6) is 0.771. The summed E-state index contributed by atoms with van der Waals surface area (Å²) in [5, 5.41) is 23.2. The molecule has 0 unspecified atom stereocenters. The van der Waals surface area contributed by atoms with E-state index in [1.165, 1.54) is 0 Å². The summed E-state index contributed by atoms with van der Waals surface area (Å²) in [4.78, 5) is 0. The van der Waals surface area contributed by atoms with Gasteiger partial charge in [-0.2, -0.15) is 0 Å². The van der Waals surface area contributed by atoms with Crippen LogP contribution < -0.4 is 10.6 Å². The molecule has 0 saturated carbocycles. The number of aromatic hydroxyl groups is 2. The molecule has 2 aromatic rings. The van der Waals surface area contributed by atoms with Crippen LogP contribution in [0.2, 0.25) is 0 Å². The fourth-order valence-corrected chi connectivity index (χ4v) is 5.93. The van der Waals surface area contributed by atoms with Crippen molar-refractivity contribution < 1.29 is 10.2 Å². The molecule has 0 fully saturated rings. The van der Waals surface area contributed by atoms with E-state index in [2.05, 4.69) is 32.9 Å². The highest BCUT2D eigenvalue weighted by Gasteiger charge is 2.22. The van der Waals surface area contributed by atoms with E-state index in [-0.39, 0.29) is 0 Å². The first-order valence-corrected chi connectivity index (χ1v) is 9.75. The lowest BCUT2D eigenvalue weighted by Gasteiger charge is -2.23. The maximum absolute atomic E-state index is 10.6. The molecule has 2 rings (SSSR count). The van der Waals surface area contributed by atoms with E-state index in [9.17, 15) is 10.2 Å². The minimum atomic E-state index is -0.763. The predicted octanol–water partition coefficient (Wildman–Crippen LogP) is 4.56. The van der Waals surface area contributed by atoms with Crippen molar-refractivity contribution >= 4 is 18.5 Å². The second kappa shape index (κ2) is 7.36. The summed E-state index contributed by atoms with van der Waals surface area (Å²) in [5.41, 5.74) is 4.13. The zero-order valence-corrected chi connectivity index (χ0v) is 15.7. The molecular formula is C20H27O2P. The third-order valence-corrected chi connectivity index (χ3v) is 6.77. The lowest BCUT2D eigenvalue weighted by Crippen LogP contribution is -2.17. The Morgan fingerprint density at radius 3 is 1.61 bits per heavy atom. The highest BCUT2D eigenvalue weighted by Crippen LogP contribution is 2.42. The minimum absolute atomic E-state index is 0.386. The largest absolute Gasteiger partial charge is 0.507 e. The molecule has 2 N–H and O–H groups in total. The van der Waals surface area contributed by atoms with Crippen LogP contribution in [0.5, 0.6) is 11.5 Å². The van der Waals surface area contributed by atoms with Crippen molar-refractivity contribution in [1.82, 2.24) is 0 Å². The average Bonchev–Trinajstić information content (AvgIpc) is 2.48. The maximum atomic E-state index is 10.6. The molecule has 0 aromatic heterocycles. The highest BCUT2D eigenvalue weighted by atomic mass is 31.1. The summed E-state index contributed by atoms with van der Waals surface area (Å²) >= 11 is 0. The Hall–Kier alpha value is -1.53. The van der Waals surface area contributed by atoms with E-state index in [0.29, 0.717) is 11.5 Å². The van der Waals surface area contributed by atoms with Gasteiger partial charge in [0.1, 0.15) is 11.5 Å². The number of aryl methyl sites for hydroxylation is 4. The quantitative estimate of drug-likeness (QED) is 0.789. The fourth-order valence-electron chi connectivity index (χ4n) is 2.97. The number of rotatable bonds is 5. The van der Waals surface area contributed by atoms with Gasteiger partial charge in [-0.3, -0.25) is 0 Å². The van der Waals surface area contributed by atoms with Crippen molar-refractivity contribution in [2.24, 2.45) is 0 Å². The first-order valence-electron chi connectivity index (χ1n) is 8.23. The number of phenols is 2. The summed E-state index contributed by atoms with van der Waals surface area (Å²) in [7, 11) is -0.763. The van der Waals surface area contributed by atoms with Gasteiger partial charge in [-0.15, -0.1) is 0 Å². The Labute approximate surface area is 140 Å². The Bertz CT molecular complexity index is 650. The molecule has 0 aliphatic rings. The molecule has 0 atom stereocenters. The van der Waals surface area contributed by atoms with Gasteiger partial charge >= 0.3 is 0 Å². The predicted molar refractivity (Wildman–Crippen MR) is 101 cm³/mol. The molecule has 0 aliphatic heterocycles. The summed E-state index contributed by atoms with van der Waals surface area (Å²) in [6.45, 7) is 10.2. The monoisotopic (exact) mass is 330 g/mol. The van der Waals surface area contributed by atoms with Gasteiger partial charge in [0, 0.05) is 10.6 Å². The maximum Gasteiger partial charge on any atom is 0.126 e. The molecule has 2 aromatic carbocycles. The number of benzene rings is 2. The second-order valence-corrected chi connectivity index (χ2v) is 8.67. The third-order valence-electron chi connectivity index (χ3n) is 4.17. The molecule has 124 valence electrons. The van der Waals surface area contributed by atoms with Gasteiger partial charge in [0.25, 0.3) is 0 Å². The van der Waals surface area contributed by atoms with Crippen LogP contribution >= 0.6 is 7.92 Å². The number of hydrogen-bond donors (Lipinski definition) is 2. The van der Waals surface area contributed by atoms with Crippen LogP contribution in [0.4, 0.5) is 0 Å². The van der Waals surface area contributed by atoms with Gasteiger partial charge in [-0.25, -0.2) is 0 Å². The molecule has 0 aliphatic carbocycles. The Morgan fingerprint density at radius 1 is 0.783 bits per heavy atom. The zero-order chi connectivity index (χ0) is 17.1.